The fourth-order valence-corrected chi connectivity index (χ4v) is 4.53. The van der Waals surface area contributed by atoms with Crippen molar-refractivity contribution < 1.29 is 22.7 Å². The topological polar surface area (TPSA) is 41.6 Å². The fraction of sp³-hybridized carbons (Fsp3) is 0.632. The molecule has 2 bridgehead atoms. The fourth-order valence-electron chi connectivity index (χ4n) is 4.53. The molecule has 2 amide bonds. The Kier molecular flexibility index (Phi) is 4.28. The van der Waals surface area contributed by atoms with Crippen LogP contribution >= 0.6 is 0 Å². The second-order valence-electron chi connectivity index (χ2n) is 7.68. The lowest BCUT2D eigenvalue weighted by molar-refractivity contribution is -0.215. The van der Waals surface area contributed by atoms with Gasteiger partial charge in [0, 0.05) is 24.9 Å². The molecule has 2 aliphatic heterocycles. The van der Waals surface area contributed by atoms with E-state index in [1.807, 2.05) is 30.3 Å². The van der Waals surface area contributed by atoms with E-state index in [9.17, 15) is 18.0 Å². The number of alkyl halides is 3. The first-order valence-electron chi connectivity index (χ1n) is 9.27. The Morgan fingerprint density at radius 3 is 2.23 bits per heavy atom. The zero-order valence-corrected chi connectivity index (χ0v) is 14.5. The molecule has 3 aliphatic rings. The summed E-state index contributed by atoms with van der Waals surface area (Å²) in [5.74, 6) is 0.792. The first-order chi connectivity index (χ1) is 12.4. The maximum Gasteiger partial charge on any atom is 0.411 e. The Labute approximate surface area is 150 Å². The van der Waals surface area contributed by atoms with Crippen LogP contribution in [0.25, 0.3) is 0 Å². The number of halogens is 3. The van der Waals surface area contributed by atoms with E-state index in [4.69, 9.17) is 4.74 Å². The van der Waals surface area contributed by atoms with Gasteiger partial charge in [0.05, 0.1) is 0 Å². The van der Waals surface area contributed by atoms with E-state index in [1.54, 1.807) is 4.90 Å². The molecule has 1 aromatic rings. The van der Waals surface area contributed by atoms with Crippen LogP contribution in [0.15, 0.2) is 30.3 Å². The monoisotopic (exact) mass is 368 g/mol. The molecular formula is C19H23F3N2O2. The van der Waals surface area contributed by atoms with Gasteiger partial charge in [0.15, 0.2) is 0 Å². The highest BCUT2D eigenvalue weighted by atomic mass is 19.4. The molecule has 7 heteroatoms. The third kappa shape index (κ3) is 3.01. The number of fused-ring (bicyclic) bond motifs is 2. The third-order valence-corrected chi connectivity index (χ3v) is 6.07. The van der Waals surface area contributed by atoms with Gasteiger partial charge in [-0.1, -0.05) is 18.2 Å². The summed E-state index contributed by atoms with van der Waals surface area (Å²) in [6, 6.07) is 8.85. The summed E-state index contributed by atoms with van der Waals surface area (Å²) in [6.45, 7) is 0. The summed E-state index contributed by atoms with van der Waals surface area (Å²) < 4.78 is 46.0. The first-order valence-corrected chi connectivity index (χ1v) is 9.27. The molecule has 2 heterocycles. The van der Waals surface area contributed by atoms with Gasteiger partial charge in [-0.15, -0.1) is 0 Å². The lowest BCUT2D eigenvalue weighted by Gasteiger charge is -2.46. The third-order valence-electron chi connectivity index (χ3n) is 6.07. The Morgan fingerprint density at radius 2 is 1.73 bits per heavy atom. The van der Waals surface area contributed by atoms with Gasteiger partial charge in [0.1, 0.15) is 17.4 Å². The van der Waals surface area contributed by atoms with Crippen LogP contribution in [0.5, 0.6) is 5.75 Å². The van der Waals surface area contributed by atoms with Crippen molar-refractivity contribution in [1.29, 1.82) is 0 Å². The number of amides is 2. The Bertz CT molecular complexity index is 646. The molecule has 142 valence electrons. The number of benzene rings is 1. The minimum atomic E-state index is -4.39. The molecule has 0 aromatic heterocycles. The lowest BCUT2D eigenvalue weighted by Crippen LogP contribution is -2.66. The second kappa shape index (κ2) is 6.35. The number of nitrogens with zero attached hydrogens (tertiary/aromatic N) is 1. The maximum atomic E-state index is 13.3. The number of para-hydroxylation sites is 1. The molecule has 1 aliphatic carbocycles. The number of ether oxygens (including phenoxy) is 1. The highest BCUT2D eigenvalue weighted by molar-refractivity contribution is 5.76. The van der Waals surface area contributed by atoms with E-state index >= 15 is 0 Å². The van der Waals surface area contributed by atoms with Crippen LogP contribution in [-0.2, 0) is 0 Å². The maximum absolute atomic E-state index is 13.3. The van der Waals surface area contributed by atoms with Crippen molar-refractivity contribution >= 4 is 6.03 Å². The Hall–Kier alpha value is -1.92. The van der Waals surface area contributed by atoms with Gasteiger partial charge in [-0.25, -0.2) is 4.79 Å². The van der Waals surface area contributed by atoms with E-state index in [1.165, 1.54) is 0 Å². The van der Waals surface area contributed by atoms with Gasteiger partial charge >= 0.3 is 12.2 Å². The van der Waals surface area contributed by atoms with Crippen LogP contribution in [0, 0.1) is 0 Å². The minimum Gasteiger partial charge on any atom is -0.490 e. The summed E-state index contributed by atoms with van der Waals surface area (Å²) in [4.78, 5) is 14.3. The van der Waals surface area contributed by atoms with Crippen molar-refractivity contribution in [2.75, 3.05) is 0 Å². The number of piperidine rings is 1. The van der Waals surface area contributed by atoms with Crippen molar-refractivity contribution in [3.05, 3.63) is 30.3 Å². The summed E-state index contributed by atoms with van der Waals surface area (Å²) in [5.41, 5.74) is -2.03. The van der Waals surface area contributed by atoms with Gasteiger partial charge in [0.25, 0.3) is 0 Å². The normalized spacial score (nSPS) is 29.8. The number of nitrogens with one attached hydrogen (secondary N) is 1. The highest BCUT2D eigenvalue weighted by Gasteiger charge is 2.60. The molecule has 0 spiro atoms. The minimum absolute atomic E-state index is 0.000714. The SMILES string of the molecule is O=C(NC1(C(F)(F)F)CCC1)N1C2CCC1CC(Oc1ccccc1)C2. The van der Waals surface area contributed by atoms with E-state index in [-0.39, 0.29) is 31.0 Å². The highest BCUT2D eigenvalue weighted by Crippen LogP contribution is 2.46. The van der Waals surface area contributed by atoms with Crippen LogP contribution in [0.3, 0.4) is 0 Å². The zero-order valence-electron chi connectivity index (χ0n) is 14.5. The molecule has 2 unspecified atom stereocenters. The van der Waals surface area contributed by atoms with Crippen molar-refractivity contribution in [1.82, 2.24) is 10.2 Å². The average Bonchev–Trinajstić information content (AvgIpc) is 2.82. The number of rotatable bonds is 3. The molecule has 2 saturated heterocycles. The smallest absolute Gasteiger partial charge is 0.411 e. The van der Waals surface area contributed by atoms with Crippen molar-refractivity contribution in [2.24, 2.45) is 0 Å². The summed E-state index contributed by atoms with van der Waals surface area (Å²) in [6.07, 6.45) is -0.961. The summed E-state index contributed by atoms with van der Waals surface area (Å²) >= 11 is 0. The van der Waals surface area contributed by atoms with Gasteiger partial charge in [-0.2, -0.15) is 13.2 Å². The van der Waals surface area contributed by atoms with Gasteiger partial charge < -0.3 is 15.0 Å². The summed E-state index contributed by atoms with van der Waals surface area (Å²) in [7, 11) is 0. The molecule has 26 heavy (non-hydrogen) atoms. The Morgan fingerprint density at radius 1 is 1.12 bits per heavy atom. The van der Waals surface area contributed by atoms with Crippen molar-refractivity contribution in [2.45, 2.75) is 74.8 Å². The molecule has 3 fully saturated rings. The zero-order chi connectivity index (χ0) is 18.4. The number of carbonyl (C=O) groups is 1. The molecule has 0 radical (unpaired) electrons. The van der Waals surface area contributed by atoms with Crippen LogP contribution in [0.2, 0.25) is 0 Å². The molecule has 1 N–H and O–H groups in total. The van der Waals surface area contributed by atoms with Crippen LogP contribution in [-0.4, -0.2) is 40.8 Å². The van der Waals surface area contributed by atoms with Gasteiger partial charge in [-0.3, -0.25) is 0 Å². The quantitative estimate of drug-likeness (QED) is 0.866. The Balaban J connectivity index is 1.41. The largest absolute Gasteiger partial charge is 0.490 e. The molecule has 2 atom stereocenters. The molecule has 4 nitrogen and oxygen atoms in total. The van der Waals surface area contributed by atoms with E-state index in [2.05, 4.69) is 5.32 Å². The average molecular weight is 368 g/mol. The second-order valence-corrected chi connectivity index (χ2v) is 7.68. The van der Waals surface area contributed by atoms with Crippen LogP contribution < -0.4 is 10.1 Å². The summed E-state index contributed by atoms with van der Waals surface area (Å²) in [5, 5.41) is 2.33. The first kappa shape index (κ1) is 17.5. The standard InChI is InChI=1S/C19H23F3N2O2/c20-19(21,22)18(9-4-10-18)23-17(25)24-13-7-8-14(24)12-16(11-13)26-15-5-2-1-3-6-15/h1-3,5-6,13-14,16H,4,7-12H2,(H,23,25). The predicted molar refractivity (Wildman–Crippen MR) is 89.9 cm³/mol. The lowest BCUT2D eigenvalue weighted by atomic mass is 9.76. The van der Waals surface area contributed by atoms with E-state index in [0.29, 0.717) is 19.3 Å². The number of hydrogen-bond donors (Lipinski definition) is 1. The molecule has 4 rings (SSSR count). The number of urea groups is 1. The number of hydrogen-bond acceptors (Lipinski definition) is 2. The van der Waals surface area contributed by atoms with Crippen LogP contribution in [0.4, 0.5) is 18.0 Å². The number of carbonyl (C=O) groups excluding carboxylic acids is 1. The molecule has 1 saturated carbocycles. The van der Waals surface area contributed by atoms with E-state index < -0.39 is 17.7 Å². The molecular weight excluding hydrogens is 345 g/mol. The predicted octanol–water partition coefficient (Wildman–Crippen LogP) is 4.26. The van der Waals surface area contributed by atoms with Crippen molar-refractivity contribution in [3.8, 4) is 5.75 Å². The van der Waals surface area contributed by atoms with Gasteiger partial charge in [0.2, 0.25) is 0 Å². The van der Waals surface area contributed by atoms with Crippen molar-refractivity contribution in [3.63, 3.8) is 0 Å². The van der Waals surface area contributed by atoms with Crippen LogP contribution in [0.1, 0.15) is 44.9 Å². The van der Waals surface area contributed by atoms with Gasteiger partial charge in [-0.05, 0) is 44.2 Å². The van der Waals surface area contributed by atoms with E-state index in [0.717, 1.165) is 18.6 Å². The molecule has 1 aromatic carbocycles.